The van der Waals surface area contributed by atoms with Gasteiger partial charge in [0.1, 0.15) is 6.04 Å². The molecule has 3 rings (SSSR count). The number of carbonyl (C=O) groups excluding carboxylic acids is 1. The summed E-state index contributed by atoms with van der Waals surface area (Å²) in [4.78, 5) is 25.2. The predicted octanol–water partition coefficient (Wildman–Crippen LogP) is 4.32. The smallest absolute Gasteiger partial charge is 0.303 e. The van der Waals surface area contributed by atoms with Gasteiger partial charge in [-0.05, 0) is 47.7 Å². The second-order valence-electron chi connectivity index (χ2n) is 8.63. The Bertz CT molecular complexity index is 1180. The summed E-state index contributed by atoms with van der Waals surface area (Å²) in [7, 11) is 3.26. The van der Waals surface area contributed by atoms with Crippen molar-refractivity contribution in [1.29, 1.82) is 0 Å². The molecule has 2 N–H and O–H groups in total. The van der Waals surface area contributed by atoms with E-state index in [2.05, 4.69) is 0 Å². The Morgan fingerprint density at radius 1 is 0.857 bits per heavy atom. The number of amides is 1. The monoisotopic (exact) mass is 494 g/mol. The van der Waals surface area contributed by atoms with Crippen molar-refractivity contribution in [3.05, 3.63) is 89.5 Å². The summed E-state index contributed by atoms with van der Waals surface area (Å²) in [6.45, 7) is 1.93. The number of aryl methyl sites for hydroxylation is 2. The Balaban J connectivity index is 1.83. The maximum absolute atomic E-state index is 13.1. The van der Waals surface area contributed by atoms with Crippen molar-refractivity contribution in [3.63, 3.8) is 0 Å². The summed E-state index contributed by atoms with van der Waals surface area (Å²) in [6, 6.07) is 21.8. The molecule has 0 saturated carbocycles. The highest BCUT2D eigenvalue weighted by Crippen LogP contribution is 2.25. The number of hydrogen-bond donors (Lipinski definition) is 2. The first-order valence-corrected chi connectivity index (χ1v) is 12.3. The van der Waals surface area contributed by atoms with Crippen molar-refractivity contribution in [3.8, 4) is 11.1 Å². The van der Waals surface area contributed by atoms with Gasteiger partial charge in [0.15, 0.2) is 0 Å². The van der Waals surface area contributed by atoms with Gasteiger partial charge in [-0.2, -0.15) is 0 Å². The molecule has 2 unspecified atom stereocenters. The lowest BCUT2D eigenvalue weighted by molar-refractivity contribution is -0.137. The third-order valence-corrected chi connectivity index (χ3v) is 6.57. The quantitative estimate of drug-likeness (QED) is 0.409. The average molecular weight is 495 g/mol. The number of carboxylic acids is 1. The Hall–Kier alpha value is -3.49. The van der Waals surface area contributed by atoms with Crippen LogP contribution in [0.4, 0.5) is 5.69 Å². The van der Waals surface area contributed by atoms with E-state index in [0.29, 0.717) is 12.1 Å². The lowest BCUT2D eigenvalue weighted by Crippen LogP contribution is -2.48. The van der Waals surface area contributed by atoms with Gasteiger partial charge >= 0.3 is 5.97 Å². The van der Waals surface area contributed by atoms with Crippen LogP contribution in [-0.4, -0.2) is 50.8 Å². The van der Waals surface area contributed by atoms with Crippen LogP contribution in [0.3, 0.4) is 0 Å². The molecule has 0 aromatic heterocycles. The molecule has 0 fully saturated rings. The topological polar surface area (TPSA) is 98.2 Å². The number of rotatable bonds is 10. The Labute approximate surface area is 208 Å². The van der Waals surface area contributed by atoms with Crippen molar-refractivity contribution in [2.24, 2.45) is 0 Å². The van der Waals surface area contributed by atoms with Crippen molar-refractivity contribution < 1.29 is 23.5 Å². The fraction of sp³-hybridized carbons (Fsp3) is 0.259. The molecule has 7 nitrogen and oxygen atoms in total. The highest BCUT2D eigenvalue weighted by molar-refractivity contribution is 7.80. The molecular weight excluding hydrogens is 464 g/mol. The molecule has 3 aromatic rings. The van der Waals surface area contributed by atoms with Gasteiger partial charge in [-0.3, -0.25) is 18.4 Å². The van der Waals surface area contributed by atoms with Gasteiger partial charge in [-0.1, -0.05) is 66.2 Å². The van der Waals surface area contributed by atoms with Gasteiger partial charge in [0.25, 0.3) is 11.3 Å². The molecule has 1 amide bonds. The zero-order valence-electron chi connectivity index (χ0n) is 20.0. The second-order valence-corrected chi connectivity index (χ2v) is 9.49. The molecule has 0 bridgehead atoms. The number of anilines is 1. The first kappa shape index (κ1) is 26.1. The number of nitrogens with zero attached hydrogens (tertiary/aromatic N) is 2. The second kappa shape index (κ2) is 11.8. The van der Waals surface area contributed by atoms with Crippen LogP contribution in [-0.2, 0) is 33.7 Å². The zero-order chi connectivity index (χ0) is 25.5. The molecule has 0 spiro atoms. The molecular formula is C27H30N2O5S. The van der Waals surface area contributed by atoms with Crippen molar-refractivity contribution in [2.75, 3.05) is 18.4 Å². The third kappa shape index (κ3) is 7.00. The maximum atomic E-state index is 13.1. The normalized spacial score (nSPS) is 12.6. The van der Waals surface area contributed by atoms with E-state index in [1.165, 1.54) is 9.21 Å². The van der Waals surface area contributed by atoms with Crippen LogP contribution in [0.2, 0.25) is 0 Å². The van der Waals surface area contributed by atoms with E-state index in [0.717, 1.165) is 27.8 Å². The van der Waals surface area contributed by atoms with Crippen LogP contribution < -0.4 is 4.31 Å². The largest absolute Gasteiger partial charge is 0.481 e. The predicted molar refractivity (Wildman–Crippen MR) is 138 cm³/mol. The first-order valence-electron chi connectivity index (χ1n) is 11.2. The molecule has 3 aromatic carbocycles. The average Bonchev–Trinajstić information content (AvgIpc) is 2.83. The SMILES string of the molecule is Cc1ccc(N(C(Cc2ccc(-c3ccc(CCC(=O)O)cc3)cc2)C(=O)N(C)C)S(=O)O)cc1. The fourth-order valence-electron chi connectivity index (χ4n) is 3.81. The number of benzene rings is 3. The van der Waals surface area contributed by atoms with Crippen LogP contribution in [0, 0.1) is 6.92 Å². The van der Waals surface area contributed by atoms with Crippen LogP contribution in [0.15, 0.2) is 72.8 Å². The standard InChI is InChI=1S/C27H30N2O5S/c1-19-4-15-24(16-5-19)29(35(33)34)25(27(32)28(2)3)18-21-8-13-23(14-9-21)22-11-6-20(7-12-22)10-17-26(30)31/h4-9,11-16,25H,10,17-18H2,1-3H3,(H,30,31)(H,33,34). The summed E-state index contributed by atoms with van der Waals surface area (Å²) in [5.41, 5.74) is 5.31. The van der Waals surface area contributed by atoms with Crippen LogP contribution in [0.25, 0.3) is 11.1 Å². The molecule has 0 aliphatic heterocycles. The molecule has 0 heterocycles. The number of carboxylic acid groups (broad SMARTS) is 1. The van der Waals surface area contributed by atoms with Gasteiger partial charge in [0, 0.05) is 26.9 Å². The summed E-state index contributed by atoms with van der Waals surface area (Å²) < 4.78 is 23.7. The van der Waals surface area contributed by atoms with Crippen LogP contribution in [0.1, 0.15) is 23.1 Å². The van der Waals surface area contributed by atoms with Crippen molar-refractivity contribution in [1.82, 2.24) is 4.90 Å². The van der Waals surface area contributed by atoms with E-state index in [1.807, 2.05) is 67.6 Å². The molecule has 35 heavy (non-hydrogen) atoms. The molecule has 0 radical (unpaired) electrons. The van der Waals surface area contributed by atoms with E-state index in [-0.39, 0.29) is 18.7 Å². The number of likely N-dealkylation sites (N-methyl/N-ethyl adjacent to an activating group) is 1. The minimum atomic E-state index is -2.39. The highest BCUT2D eigenvalue weighted by Gasteiger charge is 2.31. The van der Waals surface area contributed by atoms with Gasteiger partial charge in [-0.15, -0.1) is 0 Å². The lowest BCUT2D eigenvalue weighted by atomic mass is 9.98. The Morgan fingerprint density at radius 3 is 1.83 bits per heavy atom. The molecule has 0 aliphatic carbocycles. The summed E-state index contributed by atoms with van der Waals surface area (Å²) in [5, 5.41) is 8.84. The molecule has 0 aliphatic rings. The van der Waals surface area contributed by atoms with Gasteiger partial charge < -0.3 is 10.0 Å². The maximum Gasteiger partial charge on any atom is 0.303 e. The van der Waals surface area contributed by atoms with E-state index in [9.17, 15) is 18.4 Å². The summed E-state index contributed by atoms with van der Waals surface area (Å²) in [6.07, 6.45) is 0.838. The van der Waals surface area contributed by atoms with Crippen molar-refractivity contribution in [2.45, 2.75) is 32.2 Å². The van der Waals surface area contributed by atoms with E-state index >= 15 is 0 Å². The fourth-order valence-corrected chi connectivity index (χ4v) is 4.50. The molecule has 184 valence electrons. The minimum Gasteiger partial charge on any atom is -0.481 e. The number of carbonyl (C=O) groups is 2. The molecule has 2 atom stereocenters. The molecule has 0 saturated heterocycles. The van der Waals surface area contributed by atoms with Crippen LogP contribution >= 0.6 is 0 Å². The van der Waals surface area contributed by atoms with E-state index < -0.39 is 23.3 Å². The lowest BCUT2D eigenvalue weighted by Gasteiger charge is -2.31. The third-order valence-electron chi connectivity index (χ3n) is 5.76. The van der Waals surface area contributed by atoms with E-state index in [4.69, 9.17) is 5.11 Å². The van der Waals surface area contributed by atoms with Gasteiger partial charge in [-0.25, -0.2) is 4.21 Å². The van der Waals surface area contributed by atoms with Gasteiger partial charge in [0.2, 0.25) is 5.91 Å². The van der Waals surface area contributed by atoms with Crippen molar-refractivity contribution >= 4 is 28.8 Å². The zero-order valence-corrected chi connectivity index (χ0v) is 20.9. The first-order chi connectivity index (χ1) is 16.7. The highest BCUT2D eigenvalue weighted by atomic mass is 32.2. The van der Waals surface area contributed by atoms with Crippen LogP contribution in [0.5, 0.6) is 0 Å². The van der Waals surface area contributed by atoms with Gasteiger partial charge in [0.05, 0.1) is 5.69 Å². The summed E-state index contributed by atoms with van der Waals surface area (Å²) >= 11 is -2.39. The van der Waals surface area contributed by atoms with E-state index in [1.54, 1.807) is 26.2 Å². The number of aliphatic carboxylic acids is 1. The Morgan fingerprint density at radius 2 is 1.37 bits per heavy atom. The molecule has 8 heteroatoms. The minimum absolute atomic E-state index is 0.0963. The number of hydrogen-bond acceptors (Lipinski definition) is 3. The Kier molecular flexibility index (Phi) is 8.78. The summed E-state index contributed by atoms with van der Waals surface area (Å²) in [5.74, 6) is -1.09.